The Hall–Kier alpha value is -2.24. The van der Waals surface area contributed by atoms with Gasteiger partial charge in [0.05, 0.1) is 22.5 Å². The SMILES string of the molecule is CC(C)(C)c1cc(F)c2c(C3CCC(=O)NC3=O)[nH]nc2c1. The van der Waals surface area contributed by atoms with Gasteiger partial charge in [-0.25, -0.2) is 4.39 Å². The summed E-state index contributed by atoms with van der Waals surface area (Å²) < 4.78 is 14.6. The number of piperidine rings is 1. The number of fused-ring (bicyclic) bond motifs is 1. The first-order valence-electron chi connectivity index (χ1n) is 7.29. The van der Waals surface area contributed by atoms with Gasteiger partial charge in [0.2, 0.25) is 11.8 Å². The Labute approximate surface area is 127 Å². The number of nitrogens with one attached hydrogen (secondary N) is 2. The van der Waals surface area contributed by atoms with E-state index in [4.69, 9.17) is 0 Å². The van der Waals surface area contributed by atoms with Crippen LogP contribution < -0.4 is 5.32 Å². The van der Waals surface area contributed by atoms with Gasteiger partial charge < -0.3 is 0 Å². The number of aromatic nitrogens is 2. The Morgan fingerprint density at radius 1 is 1.27 bits per heavy atom. The topological polar surface area (TPSA) is 74.8 Å². The highest BCUT2D eigenvalue weighted by Crippen LogP contribution is 2.33. The van der Waals surface area contributed by atoms with Crippen molar-refractivity contribution in [2.45, 2.75) is 44.9 Å². The van der Waals surface area contributed by atoms with Crippen molar-refractivity contribution < 1.29 is 14.0 Å². The fraction of sp³-hybridized carbons (Fsp3) is 0.438. The molecule has 2 amide bonds. The van der Waals surface area contributed by atoms with Crippen molar-refractivity contribution in [3.63, 3.8) is 0 Å². The summed E-state index contributed by atoms with van der Waals surface area (Å²) in [4.78, 5) is 23.2. The number of hydrogen-bond donors (Lipinski definition) is 2. The summed E-state index contributed by atoms with van der Waals surface area (Å²) in [5.41, 5.74) is 1.60. The minimum absolute atomic E-state index is 0.192. The Kier molecular flexibility index (Phi) is 3.27. The predicted octanol–water partition coefficient (Wildman–Crippen LogP) is 2.52. The number of carbonyl (C=O) groups excluding carboxylic acids is 2. The van der Waals surface area contributed by atoms with E-state index in [-0.39, 0.29) is 17.7 Å². The molecule has 1 aliphatic rings. The van der Waals surface area contributed by atoms with Crippen molar-refractivity contribution in [2.75, 3.05) is 0 Å². The van der Waals surface area contributed by atoms with Crippen molar-refractivity contribution in [3.05, 3.63) is 29.2 Å². The van der Waals surface area contributed by atoms with Crippen LogP contribution in [0.4, 0.5) is 4.39 Å². The molecule has 22 heavy (non-hydrogen) atoms. The lowest BCUT2D eigenvalue weighted by Gasteiger charge is -2.21. The molecular weight excluding hydrogens is 285 g/mol. The smallest absolute Gasteiger partial charge is 0.235 e. The zero-order chi connectivity index (χ0) is 16.1. The summed E-state index contributed by atoms with van der Waals surface area (Å²) in [6.45, 7) is 6.00. The Morgan fingerprint density at radius 2 is 2.00 bits per heavy atom. The molecule has 1 unspecified atom stereocenters. The highest BCUT2D eigenvalue weighted by atomic mass is 19.1. The summed E-state index contributed by atoms with van der Waals surface area (Å²) in [6, 6.07) is 3.33. The lowest BCUT2D eigenvalue weighted by Crippen LogP contribution is -2.39. The van der Waals surface area contributed by atoms with Gasteiger partial charge in [0.15, 0.2) is 0 Å². The summed E-state index contributed by atoms with van der Waals surface area (Å²) in [7, 11) is 0. The van der Waals surface area contributed by atoms with Crippen LogP contribution in [0.15, 0.2) is 12.1 Å². The molecule has 6 heteroatoms. The first-order chi connectivity index (χ1) is 10.3. The van der Waals surface area contributed by atoms with Crippen LogP contribution in [-0.2, 0) is 15.0 Å². The number of rotatable bonds is 1. The second kappa shape index (κ2) is 4.90. The summed E-state index contributed by atoms with van der Waals surface area (Å²) in [6.07, 6.45) is 0.612. The molecule has 3 rings (SSSR count). The molecule has 5 nitrogen and oxygen atoms in total. The number of carbonyl (C=O) groups is 2. The Bertz CT molecular complexity index is 774. The van der Waals surface area contributed by atoms with E-state index in [1.54, 1.807) is 0 Å². The first kappa shape index (κ1) is 14.7. The molecule has 1 aliphatic heterocycles. The van der Waals surface area contributed by atoms with E-state index in [2.05, 4.69) is 15.5 Å². The number of halogens is 1. The largest absolute Gasteiger partial charge is 0.296 e. The third-order valence-corrected chi connectivity index (χ3v) is 4.09. The van der Waals surface area contributed by atoms with Gasteiger partial charge in [0.1, 0.15) is 5.82 Å². The van der Waals surface area contributed by atoms with E-state index >= 15 is 0 Å². The number of imide groups is 1. The van der Waals surface area contributed by atoms with Crippen LogP contribution in [0.25, 0.3) is 10.9 Å². The van der Waals surface area contributed by atoms with Gasteiger partial charge in [-0.05, 0) is 29.5 Å². The summed E-state index contributed by atoms with van der Waals surface area (Å²) in [5, 5.41) is 9.56. The average Bonchev–Trinajstić information content (AvgIpc) is 2.82. The molecule has 1 saturated heterocycles. The van der Waals surface area contributed by atoms with E-state index in [0.29, 0.717) is 23.0 Å². The zero-order valence-corrected chi connectivity index (χ0v) is 12.8. The van der Waals surface area contributed by atoms with Gasteiger partial charge in [-0.1, -0.05) is 20.8 Å². The monoisotopic (exact) mass is 303 g/mol. The van der Waals surface area contributed by atoms with Gasteiger partial charge in [0.25, 0.3) is 0 Å². The van der Waals surface area contributed by atoms with Crippen LogP contribution in [-0.4, -0.2) is 22.0 Å². The van der Waals surface area contributed by atoms with Crippen LogP contribution >= 0.6 is 0 Å². The standard InChI is InChI=1S/C16H18FN3O2/c1-16(2,3)8-6-10(17)13-11(7-8)19-20-14(13)9-4-5-12(21)18-15(9)22/h6-7,9H,4-5H2,1-3H3,(H,19,20)(H,18,21,22). The van der Waals surface area contributed by atoms with Gasteiger partial charge in [0, 0.05) is 6.42 Å². The Balaban J connectivity index is 2.09. The fourth-order valence-electron chi connectivity index (χ4n) is 2.78. The van der Waals surface area contributed by atoms with Gasteiger partial charge in [-0.3, -0.25) is 20.0 Å². The average molecular weight is 303 g/mol. The van der Waals surface area contributed by atoms with Crippen LogP contribution in [0.1, 0.15) is 50.8 Å². The normalized spacial score (nSPS) is 19.5. The summed E-state index contributed by atoms with van der Waals surface area (Å²) >= 11 is 0. The first-order valence-corrected chi connectivity index (χ1v) is 7.29. The van der Waals surface area contributed by atoms with Crippen molar-refractivity contribution in [1.82, 2.24) is 15.5 Å². The lowest BCUT2D eigenvalue weighted by molar-refractivity contribution is -0.134. The third-order valence-electron chi connectivity index (χ3n) is 4.09. The van der Waals surface area contributed by atoms with E-state index < -0.39 is 17.6 Å². The number of aromatic amines is 1. The van der Waals surface area contributed by atoms with Gasteiger partial charge in [-0.15, -0.1) is 0 Å². The molecule has 0 radical (unpaired) electrons. The van der Waals surface area contributed by atoms with Gasteiger partial charge in [-0.2, -0.15) is 5.10 Å². The molecule has 2 aromatic rings. The van der Waals surface area contributed by atoms with Gasteiger partial charge >= 0.3 is 0 Å². The van der Waals surface area contributed by atoms with E-state index in [1.165, 1.54) is 6.07 Å². The van der Waals surface area contributed by atoms with E-state index in [9.17, 15) is 14.0 Å². The quantitative estimate of drug-likeness (QED) is 0.795. The molecule has 1 aromatic carbocycles. The maximum absolute atomic E-state index is 14.6. The molecule has 0 aliphatic carbocycles. The minimum Gasteiger partial charge on any atom is -0.296 e. The third kappa shape index (κ3) is 2.38. The predicted molar refractivity (Wildman–Crippen MR) is 79.9 cm³/mol. The number of amides is 2. The molecule has 1 aromatic heterocycles. The van der Waals surface area contributed by atoms with Crippen molar-refractivity contribution in [2.24, 2.45) is 0 Å². The van der Waals surface area contributed by atoms with E-state index in [0.717, 1.165) is 5.56 Å². The van der Waals surface area contributed by atoms with Crippen LogP contribution in [0.2, 0.25) is 0 Å². The number of hydrogen-bond acceptors (Lipinski definition) is 3. The minimum atomic E-state index is -0.572. The highest BCUT2D eigenvalue weighted by molar-refractivity contribution is 6.02. The molecular formula is C16H18FN3O2. The van der Waals surface area contributed by atoms with Crippen molar-refractivity contribution >= 4 is 22.7 Å². The number of benzene rings is 1. The molecule has 116 valence electrons. The maximum Gasteiger partial charge on any atom is 0.235 e. The second-order valence-electron chi connectivity index (χ2n) is 6.74. The molecule has 1 fully saturated rings. The molecule has 0 spiro atoms. The number of H-pyrrole nitrogens is 1. The van der Waals surface area contributed by atoms with Crippen LogP contribution in [0.5, 0.6) is 0 Å². The molecule has 0 bridgehead atoms. The number of nitrogens with zero attached hydrogens (tertiary/aromatic N) is 1. The maximum atomic E-state index is 14.6. The molecule has 2 heterocycles. The highest BCUT2D eigenvalue weighted by Gasteiger charge is 2.32. The van der Waals surface area contributed by atoms with E-state index in [1.807, 2.05) is 26.8 Å². The second-order valence-corrected chi connectivity index (χ2v) is 6.74. The molecule has 2 N–H and O–H groups in total. The molecule has 0 saturated carbocycles. The van der Waals surface area contributed by atoms with Crippen LogP contribution in [0, 0.1) is 5.82 Å². The Morgan fingerprint density at radius 3 is 2.64 bits per heavy atom. The molecule has 1 atom stereocenters. The van der Waals surface area contributed by atoms with Crippen LogP contribution in [0.3, 0.4) is 0 Å². The van der Waals surface area contributed by atoms with Crippen molar-refractivity contribution in [1.29, 1.82) is 0 Å². The van der Waals surface area contributed by atoms with Crippen molar-refractivity contribution in [3.8, 4) is 0 Å². The fourth-order valence-corrected chi connectivity index (χ4v) is 2.78. The summed E-state index contributed by atoms with van der Waals surface area (Å²) in [5.74, 6) is -1.66. The lowest BCUT2D eigenvalue weighted by atomic mass is 9.85. The zero-order valence-electron chi connectivity index (χ0n) is 12.8.